The van der Waals surface area contributed by atoms with Crippen molar-refractivity contribution in [1.82, 2.24) is 15.0 Å². The largest absolute Gasteiger partial charge is 0.456 e. The number of nitrogens with zero attached hydrogens (tertiary/aromatic N) is 3. The van der Waals surface area contributed by atoms with E-state index in [4.69, 9.17) is 23.8 Å². The van der Waals surface area contributed by atoms with Gasteiger partial charge in [0.1, 0.15) is 22.3 Å². The average molecular weight is 728 g/mol. The average Bonchev–Trinajstić information content (AvgIpc) is 4.01. The number of para-hydroxylation sites is 2. The van der Waals surface area contributed by atoms with Crippen LogP contribution in [0.1, 0.15) is 22.3 Å². The Labute approximate surface area is 326 Å². The van der Waals surface area contributed by atoms with Gasteiger partial charge >= 0.3 is 0 Å². The fourth-order valence-corrected chi connectivity index (χ4v) is 9.84. The van der Waals surface area contributed by atoms with Crippen LogP contribution in [0.2, 0.25) is 0 Å². The minimum absolute atomic E-state index is 0.561. The second-order valence-corrected chi connectivity index (χ2v) is 15.0. The van der Waals surface area contributed by atoms with Crippen molar-refractivity contribution >= 4 is 43.9 Å². The molecule has 2 aliphatic carbocycles. The van der Waals surface area contributed by atoms with Gasteiger partial charge in [-0.1, -0.05) is 146 Å². The normalized spacial score (nSPS) is 13.4. The lowest BCUT2D eigenvalue weighted by Gasteiger charge is -2.31. The highest BCUT2D eigenvalue weighted by atomic mass is 16.3. The van der Waals surface area contributed by atoms with E-state index in [1.165, 1.54) is 44.5 Å². The number of rotatable bonds is 3. The van der Waals surface area contributed by atoms with E-state index in [1.54, 1.807) is 0 Å². The fourth-order valence-electron chi connectivity index (χ4n) is 9.84. The molecule has 3 heterocycles. The predicted molar refractivity (Wildman–Crippen MR) is 227 cm³/mol. The van der Waals surface area contributed by atoms with Crippen molar-refractivity contribution in [1.29, 1.82) is 0 Å². The molecule has 0 atom stereocenters. The molecule has 0 saturated heterocycles. The molecule has 264 valence electrons. The highest BCUT2D eigenvalue weighted by molar-refractivity contribution is 6.17. The van der Waals surface area contributed by atoms with Gasteiger partial charge in [-0.05, 0) is 74.8 Å². The molecule has 0 N–H and O–H groups in total. The van der Waals surface area contributed by atoms with Gasteiger partial charge in [-0.25, -0.2) is 15.0 Å². The van der Waals surface area contributed by atoms with Gasteiger partial charge in [0.2, 0.25) is 0 Å². The van der Waals surface area contributed by atoms with Crippen LogP contribution in [0.15, 0.2) is 185 Å². The number of aromatic nitrogens is 3. The molecule has 8 aromatic carbocycles. The summed E-state index contributed by atoms with van der Waals surface area (Å²) < 4.78 is 13.6. The van der Waals surface area contributed by atoms with Gasteiger partial charge in [-0.15, -0.1) is 0 Å². The second-order valence-electron chi connectivity index (χ2n) is 15.0. The molecule has 13 rings (SSSR count). The summed E-state index contributed by atoms with van der Waals surface area (Å²) >= 11 is 0. The molecule has 0 fully saturated rings. The lowest BCUT2D eigenvalue weighted by atomic mass is 9.69. The van der Waals surface area contributed by atoms with Gasteiger partial charge in [-0.2, -0.15) is 0 Å². The summed E-state index contributed by atoms with van der Waals surface area (Å²) in [7, 11) is 0. The predicted octanol–water partition coefficient (Wildman–Crippen LogP) is 13.0. The molecule has 0 bridgehead atoms. The van der Waals surface area contributed by atoms with Gasteiger partial charge in [0.05, 0.1) is 11.0 Å². The van der Waals surface area contributed by atoms with E-state index in [0.29, 0.717) is 17.5 Å². The van der Waals surface area contributed by atoms with Crippen LogP contribution in [-0.4, -0.2) is 15.0 Å². The molecule has 0 unspecified atom stereocenters. The maximum absolute atomic E-state index is 7.03. The van der Waals surface area contributed by atoms with E-state index in [-0.39, 0.29) is 0 Å². The minimum Gasteiger partial charge on any atom is -0.456 e. The number of furan rings is 2. The number of hydrogen-bond donors (Lipinski definition) is 0. The summed E-state index contributed by atoms with van der Waals surface area (Å²) in [6, 6.07) is 61.7. The van der Waals surface area contributed by atoms with E-state index in [2.05, 4.69) is 109 Å². The van der Waals surface area contributed by atoms with Crippen molar-refractivity contribution < 1.29 is 8.83 Å². The van der Waals surface area contributed by atoms with E-state index in [9.17, 15) is 0 Å². The maximum atomic E-state index is 7.03. The maximum Gasteiger partial charge on any atom is 0.167 e. The monoisotopic (exact) mass is 727 g/mol. The molecular weight excluding hydrogens is 699 g/mol. The number of hydrogen-bond acceptors (Lipinski definition) is 5. The van der Waals surface area contributed by atoms with Crippen LogP contribution in [0.25, 0.3) is 100 Å². The summed E-state index contributed by atoms with van der Waals surface area (Å²) in [6.07, 6.45) is 0. The number of benzene rings is 8. The highest BCUT2D eigenvalue weighted by Crippen LogP contribution is 2.65. The Morgan fingerprint density at radius 3 is 1.67 bits per heavy atom. The molecule has 0 saturated carbocycles. The summed E-state index contributed by atoms with van der Waals surface area (Å²) in [6.45, 7) is 0. The van der Waals surface area contributed by atoms with Crippen molar-refractivity contribution in [3.63, 3.8) is 0 Å². The van der Waals surface area contributed by atoms with E-state index in [1.807, 2.05) is 66.7 Å². The molecule has 0 amide bonds. The van der Waals surface area contributed by atoms with Crippen molar-refractivity contribution in [2.45, 2.75) is 5.41 Å². The molecule has 0 radical (unpaired) electrons. The van der Waals surface area contributed by atoms with Crippen molar-refractivity contribution in [3.8, 4) is 56.4 Å². The molecule has 5 heteroatoms. The lowest BCUT2D eigenvalue weighted by molar-refractivity contribution is 0.666. The van der Waals surface area contributed by atoms with Gasteiger partial charge in [-0.3, -0.25) is 0 Å². The van der Waals surface area contributed by atoms with Crippen LogP contribution in [0.5, 0.6) is 0 Å². The molecule has 11 aromatic rings. The van der Waals surface area contributed by atoms with Crippen molar-refractivity contribution in [2.24, 2.45) is 0 Å². The van der Waals surface area contributed by atoms with Crippen LogP contribution in [-0.2, 0) is 5.41 Å². The molecule has 5 nitrogen and oxygen atoms in total. The summed E-state index contributed by atoms with van der Waals surface area (Å²) in [5.74, 6) is 1.78. The Hall–Kier alpha value is -7.63. The zero-order valence-corrected chi connectivity index (χ0v) is 30.4. The molecular formula is C52H29N3O2. The van der Waals surface area contributed by atoms with Crippen LogP contribution >= 0.6 is 0 Å². The van der Waals surface area contributed by atoms with Gasteiger partial charge in [0.25, 0.3) is 0 Å². The first-order valence-corrected chi connectivity index (χ1v) is 19.3. The minimum atomic E-state index is -0.620. The lowest BCUT2D eigenvalue weighted by Crippen LogP contribution is -2.26. The standard InChI is InChI=1S/C52H29N3O2/c1-3-14-30(15-4-1)49-53-50(31-16-5-2-6-17-31)55-51(54-49)37-22-13-21-36-46-44(57-48(36)37)27-26-35-38-28-39-34-20-9-12-25-43(34)56-45(39)29-42(38)52(47(35)46)40-23-10-7-18-32(40)33-19-8-11-24-41(33)52/h1-29H. The third-order valence-electron chi connectivity index (χ3n) is 12.1. The quantitative estimate of drug-likeness (QED) is 0.181. The summed E-state index contributed by atoms with van der Waals surface area (Å²) in [5.41, 5.74) is 15.2. The number of fused-ring (bicyclic) bond motifs is 17. The van der Waals surface area contributed by atoms with Gasteiger partial charge in [0, 0.05) is 32.7 Å². The Kier molecular flexibility index (Phi) is 6.04. The first-order chi connectivity index (χ1) is 28.3. The third-order valence-corrected chi connectivity index (χ3v) is 12.1. The smallest absolute Gasteiger partial charge is 0.167 e. The zero-order valence-electron chi connectivity index (χ0n) is 30.4. The Bertz CT molecular complexity index is 3370. The molecule has 57 heavy (non-hydrogen) atoms. The zero-order chi connectivity index (χ0) is 37.2. The molecule has 2 aliphatic rings. The highest BCUT2D eigenvalue weighted by Gasteiger charge is 2.53. The summed E-state index contributed by atoms with van der Waals surface area (Å²) in [5, 5.41) is 4.34. The van der Waals surface area contributed by atoms with Crippen molar-refractivity contribution in [2.75, 3.05) is 0 Å². The van der Waals surface area contributed by atoms with Crippen LogP contribution in [0, 0.1) is 0 Å². The SMILES string of the molecule is c1ccc(-c2nc(-c3ccccc3)nc(-c3cccc4c3oc3ccc5c(c34)C3(c4ccccc4-c4ccccc43)c3cc4oc6ccccc6c4cc3-5)n2)cc1. The van der Waals surface area contributed by atoms with E-state index >= 15 is 0 Å². The van der Waals surface area contributed by atoms with Crippen LogP contribution < -0.4 is 0 Å². The van der Waals surface area contributed by atoms with Crippen molar-refractivity contribution in [3.05, 3.63) is 198 Å². The first-order valence-electron chi connectivity index (χ1n) is 19.3. The summed E-state index contributed by atoms with van der Waals surface area (Å²) in [4.78, 5) is 15.2. The van der Waals surface area contributed by atoms with Crippen LogP contribution in [0.4, 0.5) is 0 Å². The Balaban J connectivity index is 1.14. The molecule has 3 aromatic heterocycles. The fraction of sp³-hybridized carbons (Fsp3) is 0.0192. The topological polar surface area (TPSA) is 65.0 Å². The van der Waals surface area contributed by atoms with Gasteiger partial charge in [0.15, 0.2) is 17.5 Å². The van der Waals surface area contributed by atoms with Gasteiger partial charge < -0.3 is 8.83 Å². The van der Waals surface area contributed by atoms with Crippen LogP contribution in [0.3, 0.4) is 0 Å². The third kappa shape index (κ3) is 4.04. The first kappa shape index (κ1) is 30.7. The Morgan fingerprint density at radius 1 is 0.351 bits per heavy atom. The molecule has 1 spiro atoms. The van der Waals surface area contributed by atoms with E-state index in [0.717, 1.165) is 60.6 Å². The van der Waals surface area contributed by atoms with E-state index < -0.39 is 5.41 Å². The Morgan fingerprint density at radius 2 is 0.947 bits per heavy atom. The molecule has 0 aliphatic heterocycles. The second kappa shape index (κ2) is 11.2.